The summed E-state index contributed by atoms with van der Waals surface area (Å²) in [6, 6.07) is 14.0. The Bertz CT molecular complexity index is 980. The van der Waals surface area contributed by atoms with Gasteiger partial charge in [-0.1, -0.05) is 6.07 Å². The van der Waals surface area contributed by atoms with Gasteiger partial charge in [0.25, 0.3) is 15.9 Å². The first-order valence-corrected chi connectivity index (χ1v) is 8.84. The molecule has 1 amide bonds. The molecule has 0 saturated heterocycles. The van der Waals surface area contributed by atoms with E-state index in [-0.39, 0.29) is 16.5 Å². The third kappa shape index (κ3) is 4.04. The van der Waals surface area contributed by atoms with Crippen LogP contribution in [0.2, 0.25) is 0 Å². The maximum atomic E-state index is 12.3. The Kier molecular flexibility index (Phi) is 4.53. The van der Waals surface area contributed by atoms with E-state index in [4.69, 9.17) is 4.42 Å². The van der Waals surface area contributed by atoms with Crippen LogP contribution in [0, 0.1) is 6.92 Å². The van der Waals surface area contributed by atoms with Crippen LogP contribution in [0.25, 0.3) is 0 Å². The van der Waals surface area contributed by atoms with Gasteiger partial charge in [0.2, 0.25) is 0 Å². The number of carbonyl (C=O) groups is 1. The highest BCUT2D eigenvalue weighted by molar-refractivity contribution is 7.92. The van der Waals surface area contributed by atoms with Crippen LogP contribution in [0.4, 0.5) is 11.5 Å². The third-order valence-corrected chi connectivity index (χ3v) is 4.66. The number of aromatic nitrogens is 1. The molecule has 2 aromatic heterocycles. The molecule has 0 radical (unpaired) electrons. The molecule has 0 atom stereocenters. The average Bonchev–Trinajstić information content (AvgIpc) is 3.02. The maximum absolute atomic E-state index is 12.3. The van der Waals surface area contributed by atoms with E-state index >= 15 is 0 Å². The van der Waals surface area contributed by atoms with Gasteiger partial charge in [-0.15, -0.1) is 0 Å². The van der Waals surface area contributed by atoms with Crippen molar-refractivity contribution in [1.82, 2.24) is 4.98 Å². The van der Waals surface area contributed by atoms with E-state index in [0.29, 0.717) is 11.4 Å². The number of furan rings is 1. The van der Waals surface area contributed by atoms with Gasteiger partial charge in [-0.3, -0.25) is 9.52 Å². The number of aryl methyl sites for hydroxylation is 1. The van der Waals surface area contributed by atoms with Crippen molar-refractivity contribution in [3.63, 3.8) is 0 Å². The van der Waals surface area contributed by atoms with Gasteiger partial charge in [0.1, 0.15) is 11.6 Å². The average molecular weight is 357 g/mol. The zero-order chi connectivity index (χ0) is 17.9. The van der Waals surface area contributed by atoms with Crippen LogP contribution < -0.4 is 10.0 Å². The molecule has 0 aliphatic rings. The Morgan fingerprint density at radius 1 is 1.04 bits per heavy atom. The molecule has 7 nitrogen and oxygen atoms in total. The highest BCUT2D eigenvalue weighted by atomic mass is 32.2. The van der Waals surface area contributed by atoms with Crippen molar-refractivity contribution in [2.24, 2.45) is 0 Å². The number of amides is 1. The number of rotatable bonds is 5. The molecule has 0 fully saturated rings. The number of hydrogen-bond donors (Lipinski definition) is 2. The first-order valence-electron chi connectivity index (χ1n) is 7.36. The number of anilines is 2. The van der Waals surface area contributed by atoms with Crippen molar-refractivity contribution in [2.45, 2.75) is 11.8 Å². The number of nitrogens with zero attached hydrogens (tertiary/aromatic N) is 1. The van der Waals surface area contributed by atoms with Crippen LogP contribution in [-0.2, 0) is 10.0 Å². The van der Waals surface area contributed by atoms with Crippen molar-refractivity contribution < 1.29 is 17.6 Å². The zero-order valence-electron chi connectivity index (χ0n) is 13.3. The normalized spacial score (nSPS) is 11.1. The first kappa shape index (κ1) is 16.7. The SMILES string of the molecule is Cc1ccc(C(=O)Nc2ccc(S(=O)(=O)Nc3ccccn3)cc2)o1. The molecule has 0 unspecified atom stereocenters. The number of hydrogen-bond acceptors (Lipinski definition) is 5. The van der Waals surface area contributed by atoms with Gasteiger partial charge in [0, 0.05) is 11.9 Å². The van der Waals surface area contributed by atoms with Crippen molar-refractivity contribution in [2.75, 3.05) is 10.0 Å². The Hall–Kier alpha value is -3.13. The molecule has 1 aromatic carbocycles. The van der Waals surface area contributed by atoms with Crippen LogP contribution in [0.15, 0.2) is 70.1 Å². The summed E-state index contributed by atoms with van der Waals surface area (Å²) in [5.74, 6) is 0.640. The van der Waals surface area contributed by atoms with Crippen LogP contribution in [0.3, 0.4) is 0 Å². The van der Waals surface area contributed by atoms with E-state index in [0.717, 1.165) is 0 Å². The lowest BCUT2D eigenvalue weighted by Crippen LogP contribution is -2.14. The Morgan fingerprint density at radius 3 is 2.40 bits per heavy atom. The van der Waals surface area contributed by atoms with Crippen LogP contribution in [0.1, 0.15) is 16.3 Å². The monoisotopic (exact) mass is 357 g/mol. The van der Waals surface area contributed by atoms with Gasteiger partial charge in [-0.2, -0.15) is 0 Å². The summed E-state index contributed by atoms with van der Waals surface area (Å²) in [6.45, 7) is 1.74. The lowest BCUT2D eigenvalue weighted by molar-refractivity contribution is 0.0995. The van der Waals surface area contributed by atoms with Gasteiger partial charge in [-0.25, -0.2) is 13.4 Å². The predicted molar refractivity (Wildman–Crippen MR) is 92.9 cm³/mol. The molecule has 2 N–H and O–H groups in total. The summed E-state index contributed by atoms with van der Waals surface area (Å²) in [5, 5.41) is 2.64. The van der Waals surface area contributed by atoms with Gasteiger partial charge in [0.05, 0.1) is 4.90 Å². The van der Waals surface area contributed by atoms with Crippen LogP contribution in [-0.4, -0.2) is 19.3 Å². The van der Waals surface area contributed by atoms with Crippen LogP contribution in [0.5, 0.6) is 0 Å². The van der Waals surface area contributed by atoms with E-state index in [1.807, 2.05) is 0 Å². The van der Waals surface area contributed by atoms with E-state index in [9.17, 15) is 13.2 Å². The van der Waals surface area contributed by atoms with E-state index < -0.39 is 15.9 Å². The summed E-state index contributed by atoms with van der Waals surface area (Å²) >= 11 is 0. The minimum Gasteiger partial charge on any atom is -0.456 e. The van der Waals surface area contributed by atoms with Crippen molar-refractivity contribution >= 4 is 27.4 Å². The minimum atomic E-state index is -3.75. The fraction of sp³-hybridized carbons (Fsp3) is 0.0588. The molecule has 3 rings (SSSR count). The van der Waals surface area contributed by atoms with Gasteiger partial charge < -0.3 is 9.73 Å². The van der Waals surface area contributed by atoms with Crippen molar-refractivity contribution in [3.8, 4) is 0 Å². The third-order valence-electron chi connectivity index (χ3n) is 3.29. The minimum absolute atomic E-state index is 0.0602. The summed E-state index contributed by atoms with van der Waals surface area (Å²) in [7, 11) is -3.75. The first-order chi connectivity index (χ1) is 11.9. The molecule has 128 valence electrons. The Morgan fingerprint density at radius 2 is 1.80 bits per heavy atom. The Labute approximate surface area is 144 Å². The highest BCUT2D eigenvalue weighted by Gasteiger charge is 2.15. The fourth-order valence-electron chi connectivity index (χ4n) is 2.09. The second-order valence-electron chi connectivity index (χ2n) is 5.21. The summed E-state index contributed by atoms with van der Waals surface area (Å²) in [5.41, 5.74) is 0.454. The van der Waals surface area contributed by atoms with E-state index in [1.54, 1.807) is 37.3 Å². The number of carbonyl (C=O) groups excluding carboxylic acids is 1. The van der Waals surface area contributed by atoms with Crippen LogP contribution >= 0.6 is 0 Å². The summed E-state index contributed by atoms with van der Waals surface area (Å²) in [4.78, 5) is 16.0. The molecule has 0 aliphatic heterocycles. The number of sulfonamides is 1. The Balaban J connectivity index is 1.72. The molecular weight excluding hydrogens is 342 g/mol. The lowest BCUT2D eigenvalue weighted by Gasteiger charge is -2.08. The van der Waals surface area contributed by atoms with Crippen molar-refractivity contribution in [3.05, 3.63) is 72.3 Å². The molecule has 3 aromatic rings. The zero-order valence-corrected chi connectivity index (χ0v) is 14.1. The van der Waals surface area contributed by atoms with Crippen molar-refractivity contribution in [1.29, 1.82) is 0 Å². The number of pyridine rings is 1. The second-order valence-corrected chi connectivity index (χ2v) is 6.89. The number of nitrogens with one attached hydrogen (secondary N) is 2. The molecule has 0 saturated carbocycles. The van der Waals surface area contributed by atoms with Gasteiger partial charge >= 0.3 is 0 Å². The standard InChI is InChI=1S/C17H15N3O4S/c1-12-5-10-15(24-12)17(21)19-13-6-8-14(9-7-13)25(22,23)20-16-4-2-3-11-18-16/h2-11H,1H3,(H,18,20)(H,19,21). The number of benzene rings is 1. The predicted octanol–water partition coefficient (Wildman–Crippen LogP) is 3.04. The van der Waals surface area contributed by atoms with E-state index in [1.165, 1.54) is 30.5 Å². The molecule has 0 spiro atoms. The lowest BCUT2D eigenvalue weighted by atomic mass is 10.3. The van der Waals surface area contributed by atoms with Gasteiger partial charge in [-0.05, 0) is 55.5 Å². The summed E-state index contributed by atoms with van der Waals surface area (Å²) < 4.78 is 32.2. The van der Waals surface area contributed by atoms with Gasteiger partial charge in [0.15, 0.2) is 5.76 Å². The maximum Gasteiger partial charge on any atom is 0.291 e. The molecule has 2 heterocycles. The largest absolute Gasteiger partial charge is 0.456 e. The molecule has 8 heteroatoms. The topological polar surface area (TPSA) is 101 Å². The smallest absolute Gasteiger partial charge is 0.291 e. The molecule has 0 bridgehead atoms. The molecule has 25 heavy (non-hydrogen) atoms. The molecule has 0 aliphatic carbocycles. The second kappa shape index (κ2) is 6.78. The van der Waals surface area contributed by atoms with E-state index in [2.05, 4.69) is 15.0 Å². The fourth-order valence-corrected chi connectivity index (χ4v) is 3.09. The summed E-state index contributed by atoms with van der Waals surface area (Å²) in [6.07, 6.45) is 1.49. The quantitative estimate of drug-likeness (QED) is 0.731. The molecular formula is C17H15N3O4S. The highest BCUT2D eigenvalue weighted by Crippen LogP contribution is 2.18.